The van der Waals surface area contributed by atoms with Crippen molar-refractivity contribution < 1.29 is 22.8 Å². The van der Waals surface area contributed by atoms with E-state index in [1.54, 1.807) is 12.1 Å². The van der Waals surface area contributed by atoms with Gasteiger partial charge in [-0.3, -0.25) is 9.59 Å². The molecule has 0 spiro atoms. The summed E-state index contributed by atoms with van der Waals surface area (Å²) in [6.07, 6.45) is -0.0579. The summed E-state index contributed by atoms with van der Waals surface area (Å²) in [7, 11) is 0. The van der Waals surface area contributed by atoms with Crippen molar-refractivity contribution in [2.45, 2.75) is 19.9 Å². The van der Waals surface area contributed by atoms with Crippen molar-refractivity contribution in [1.29, 1.82) is 0 Å². The van der Waals surface area contributed by atoms with Crippen LogP contribution in [0.5, 0.6) is 0 Å². The second-order valence-electron chi connectivity index (χ2n) is 5.49. The largest absolute Gasteiger partial charge is 0.338 e. The highest BCUT2D eigenvalue weighted by Crippen LogP contribution is 2.15. The zero-order valence-corrected chi connectivity index (χ0v) is 13.6. The monoisotopic (exact) mass is 350 g/mol. The molecule has 0 aliphatic carbocycles. The molecular weight excluding hydrogens is 333 g/mol. The van der Waals surface area contributed by atoms with Crippen LogP contribution in [0.3, 0.4) is 0 Å². The van der Waals surface area contributed by atoms with E-state index in [1.165, 1.54) is 24.0 Å². The molecule has 4 nitrogen and oxygen atoms in total. The third-order valence-corrected chi connectivity index (χ3v) is 3.55. The molecule has 0 aromatic heterocycles. The summed E-state index contributed by atoms with van der Waals surface area (Å²) < 4.78 is 39.3. The molecule has 2 amide bonds. The predicted molar refractivity (Wildman–Crippen MR) is 87.1 cm³/mol. The molecule has 1 N–H and O–H groups in total. The van der Waals surface area contributed by atoms with Crippen LogP contribution in [0.2, 0.25) is 0 Å². The van der Waals surface area contributed by atoms with E-state index in [2.05, 4.69) is 5.32 Å². The maximum Gasteiger partial charge on any atom is 0.226 e. The second kappa shape index (κ2) is 8.32. The molecule has 0 heterocycles. The van der Waals surface area contributed by atoms with Crippen LogP contribution in [0.4, 0.5) is 18.9 Å². The van der Waals surface area contributed by atoms with Crippen LogP contribution < -0.4 is 5.32 Å². The van der Waals surface area contributed by atoms with Crippen molar-refractivity contribution in [3.05, 3.63) is 65.5 Å². The number of hydrogen-bond donors (Lipinski definition) is 1. The topological polar surface area (TPSA) is 49.4 Å². The van der Waals surface area contributed by atoms with Gasteiger partial charge in [0.05, 0.1) is 5.69 Å². The first-order chi connectivity index (χ1) is 11.8. The fourth-order valence-electron chi connectivity index (χ4n) is 2.20. The van der Waals surface area contributed by atoms with Crippen LogP contribution in [0.25, 0.3) is 0 Å². The van der Waals surface area contributed by atoms with Gasteiger partial charge in [-0.05, 0) is 29.8 Å². The standard InChI is InChI=1S/C18H17F3N2O2/c1-12(24)23(11-13-2-4-14(19)5-3-13)9-8-18(25)22-17-7-6-15(20)10-16(17)21/h2-7,10H,8-9,11H2,1H3,(H,22,25). The average Bonchev–Trinajstić information content (AvgIpc) is 2.55. The number of nitrogens with one attached hydrogen (secondary N) is 1. The van der Waals surface area contributed by atoms with Crippen molar-refractivity contribution in [3.63, 3.8) is 0 Å². The van der Waals surface area contributed by atoms with Crippen LogP contribution in [0, 0.1) is 17.5 Å². The number of hydrogen-bond acceptors (Lipinski definition) is 2. The van der Waals surface area contributed by atoms with Gasteiger partial charge in [-0.25, -0.2) is 13.2 Å². The quantitative estimate of drug-likeness (QED) is 0.867. The summed E-state index contributed by atoms with van der Waals surface area (Å²) in [6.45, 7) is 1.70. The zero-order chi connectivity index (χ0) is 18.4. The molecule has 2 aromatic rings. The lowest BCUT2D eigenvalue weighted by Gasteiger charge is -2.21. The lowest BCUT2D eigenvalue weighted by Crippen LogP contribution is -2.31. The van der Waals surface area contributed by atoms with Crippen molar-refractivity contribution in [2.75, 3.05) is 11.9 Å². The minimum Gasteiger partial charge on any atom is -0.338 e. The van der Waals surface area contributed by atoms with Gasteiger partial charge in [0.1, 0.15) is 17.5 Å². The van der Waals surface area contributed by atoms with Gasteiger partial charge in [-0.1, -0.05) is 12.1 Å². The van der Waals surface area contributed by atoms with E-state index >= 15 is 0 Å². The number of benzene rings is 2. The zero-order valence-electron chi connectivity index (χ0n) is 13.6. The van der Waals surface area contributed by atoms with Crippen LogP contribution in [-0.2, 0) is 16.1 Å². The van der Waals surface area contributed by atoms with E-state index in [-0.39, 0.29) is 36.9 Å². The highest BCUT2D eigenvalue weighted by atomic mass is 19.1. The lowest BCUT2D eigenvalue weighted by molar-refractivity contribution is -0.129. The number of halogens is 3. The Kier molecular flexibility index (Phi) is 6.16. The van der Waals surface area contributed by atoms with Gasteiger partial charge in [0.25, 0.3) is 0 Å². The SMILES string of the molecule is CC(=O)N(CCC(=O)Nc1ccc(F)cc1F)Cc1ccc(F)cc1. The summed E-state index contributed by atoms with van der Waals surface area (Å²) in [6, 6.07) is 8.53. The van der Waals surface area contributed by atoms with E-state index in [9.17, 15) is 22.8 Å². The van der Waals surface area contributed by atoms with Crippen LogP contribution >= 0.6 is 0 Å². The first-order valence-corrected chi connectivity index (χ1v) is 7.60. The molecule has 0 aliphatic rings. The van der Waals surface area contributed by atoms with Gasteiger partial charge in [0.15, 0.2) is 0 Å². The molecule has 0 atom stereocenters. The molecule has 25 heavy (non-hydrogen) atoms. The summed E-state index contributed by atoms with van der Waals surface area (Å²) in [5.41, 5.74) is 0.598. The van der Waals surface area contributed by atoms with Crippen LogP contribution in [-0.4, -0.2) is 23.3 Å². The van der Waals surface area contributed by atoms with E-state index in [4.69, 9.17) is 0 Å². The first-order valence-electron chi connectivity index (χ1n) is 7.60. The van der Waals surface area contributed by atoms with Crippen LogP contribution in [0.15, 0.2) is 42.5 Å². The van der Waals surface area contributed by atoms with Crippen molar-refractivity contribution in [1.82, 2.24) is 4.90 Å². The highest BCUT2D eigenvalue weighted by molar-refractivity contribution is 5.91. The molecule has 7 heteroatoms. The molecule has 132 valence electrons. The maximum atomic E-state index is 13.5. The first kappa shape index (κ1) is 18.5. The Morgan fingerprint density at radius 3 is 2.24 bits per heavy atom. The molecule has 0 aliphatic heterocycles. The van der Waals surface area contributed by atoms with Gasteiger partial charge in [-0.15, -0.1) is 0 Å². The van der Waals surface area contributed by atoms with Gasteiger partial charge in [-0.2, -0.15) is 0 Å². The molecule has 2 rings (SSSR count). The van der Waals surface area contributed by atoms with Gasteiger partial charge in [0.2, 0.25) is 11.8 Å². The lowest BCUT2D eigenvalue weighted by atomic mass is 10.2. The molecule has 0 saturated heterocycles. The average molecular weight is 350 g/mol. The highest BCUT2D eigenvalue weighted by Gasteiger charge is 2.13. The van der Waals surface area contributed by atoms with Gasteiger partial charge < -0.3 is 10.2 Å². The Bertz CT molecular complexity index is 763. The summed E-state index contributed by atoms with van der Waals surface area (Å²) in [5.74, 6) is -2.74. The number of anilines is 1. The second-order valence-corrected chi connectivity index (χ2v) is 5.49. The van der Waals surface area contributed by atoms with Crippen molar-refractivity contribution >= 4 is 17.5 Å². The molecule has 0 radical (unpaired) electrons. The smallest absolute Gasteiger partial charge is 0.226 e. The molecule has 0 unspecified atom stereocenters. The van der Waals surface area contributed by atoms with E-state index in [1.807, 2.05) is 0 Å². The predicted octanol–water partition coefficient (Wildman–Crippen LogP) is 3.48. The fraction of sp³-hybridized carbons (Fsp3) is 0.222. The van der Waals surface area contributed by atoms with E-state index < -0.39 is 17.5 Å². The molecule has 2 aromatic carbocycles. The summed E-state index contributed by atoms with van der Waals surface area (Å²) in [4.78, 5) is 25.0. The number of carbonyl (C=O) groups excluding carboxylic acids is 2. The Hall–Kier alpha value is -2.83. The Morgan fingerprint density at radius 2 is 1.64 bits per heavy atom. The van der Waals surface area contributed by atoms with E-state index in [0.29, 0.717) is 6.07 Å². The molecule has 0 saturated carbocycles. The number of carbonyl (C=O) groups is 2. The number of rotatable bonds is 6. The van der Waals surface area contributed by atoms with Crippen molar-refractivity contribution in [2.24, 2.45) is 0 Å². The van der Waals surface area contributed by atoms with Gasteiger partial charge >= 0.3 is 0 Å². The fourth-order valence-corrected chi connectivity index (χ4v) is 2.20. The Balaban J connectivity index is 1.92. The Labute approximate surface area is 143 Å². The van der Waals surface area contributed by atoms with E-state index in [0.717, 1.165) is 17.7 Å². The minimum atomic E-state index is -0.872. The third kappa shape index (κ3) is 5.63. The molecule has 0 fully saturated rings. The number of amides is 2. The number of nitrogens with zero attached hydrogens (tertiary/aromatic N) is 1. The maximum absolute atomic E-state index is 13.5. The van der Waals surface area contributed by atoms with Crippen molar-refractivity contribution in [3.8, 4) is 0 Å². The summed E-state index contributed by atoms with van der Waals surface area (Å²) in [5, 5.41) is 2.33. The molecular formula is C18H17F3N2O2. The third-order valence-electron chi connectivity index (χ3n) is 3.55. The molecule has 0 bridgehead atoms. The summed E-state index contributed by atoms with van der Waals surface area (Å²) >= 11 is 0. The minimum absolute atomic E-state index is 0.0579. The van der Waals surface area contributed by atoms with Crippen LogP contribution in [0.1, 0.15) is 18.9 Å². The Morgan fingerprint density at radius 1 is 1.00 bits per heavy atom. The van der Waals surface area contributed by atoms with Gasteiger partial charge in [0, 0.05) is 32.5 Å². The normalized spacial score (nSPS) is 10.4.